The van der Waals surface area contributed by atoms with Gasteiger partial charge in [-0.15, -0.1) is 0 Å². The number of ether oxygens (including phenoxy) is 4. The SMILES string of the molecule is CCCCCCC/C=C\C/C=C\C/C=C\CCCCCCCCCCCCCCC(=O)NC(COC1OC(CO)C(OC2OC(CO)C(O)C(O)C2O)C(O)C1O)C(O)/C=C/CC/C=C/CCCCCCCCCCCCCCC. The maximum Gasteiger partial charge on any atom is 0.220 e. The molecule has 14 heteroatoms. The molecule has 0 aromatic heterocycles. The minimum atomic E-state index is -1.79. The molecule has 2 heterocycles. The summed E-state index contributed by atoms with van der Waals surface area (Å²) in [5.41, 5.74) is 0. The van der Waals surface area contributed by atoms with Gasteiger partial charge in [-0.25, -0.2) is 0 Å². The van der Waals surface area contributed by atoms with E-state index in [9.17, 15) is 45.6 Å². The number of amides is 1. The van der Waals surface area contributed by atoms with E-state index in [1.54, 1.807) is 6.08 Å². The van der Waals surface area contributed by atoms with E-state index in [0.717, 1.165) is 44.9 Å². The number of rotatable bonds is 52. The van der Waals surface area contributed by atoms with Gasteiger partial charge < -0.3 is 65.1 Å². The van der Waals surface area contributed by atoms with E-state index >= 15 is 0 Å². The van der Waals surface area contributed by atoms with Crippen molar-refractivity contribution in [3.05, 3.63) is 60.8 Å². The highest BCUT2D eigenvalue weighted by molar-refractivity contribution is 5.76. The summed E-state index contributed by atoms with van der Waals surface area (Å²) in [7, 11) is 0. The van der Waals surface area contributed by atoms with Gasteiger partial charge in [0.2, 0.25) is 5.91 Å². The van der Waals surface area contributed by atoms with Crippen LogP contribution in [0.25, 0.3) is 0 Å². The van der Waals surface area contributed by atoms with Crippen LogP contribution in [0, 0.1) is 0 Å². The molecule has 0 aromatic rings. The highest BCUT2D eigenvalue weighted by Crippen LogP contribution is 2.30. The number of carbonyl (C=O) groups excluding carboxylic acids is 1. The molecule has 2 fully saturated rings. The zero-order chi connectivity index (χ0) is 58.1. The molecule has 0 radical (unpaired) electrons. The highest BCUT2D eigenvalue weighted by atomic mass is 16.7. The first-order chi connectivity index (χ1) is 39.1. The van der Waals surface area contributed by atoms with Crippen LogP contribution in [0.2, 0.25) is 0 Å². The first-order valence-corrected chi connectivity index (χ1v) is 32.5. The van der Waals surface area contributed by atoms with Gasteiger partial charge in [-0.2, -0.15) is 0 Å². The van der Waals surface area contributed by atoms with Crippen molar-refractivity contribution >= 4 is 5.91 Å². The van der Waals surface area contributed by atoms with Crippen LogP contribution in [-0.4, -0.2) is 140 Å². The van der Waals surface area contributed by atoms with E-state index < -0.39 is 86.8 Å². The molecule has 14 nitrogen and oxygen atoms in total. The van der Waals surface area contributed by atoms with Gasteiger partial charge in [-0.3, -0.25) is 4.79 Å². The number of unbranched alkanes of at least 4 members (excludes halogenated alkanes) is 31. The summed E-state index contributed by atoms with van der Waals surface area (Å²) in [4.78, 5) is 13.3. The Kier molecular flexibility index (Phi) is 47.2. The van der Waals surface area contributed by atoms with Gasteiger partial charge in [0.05, 0.1) is 32.0 Å². The van der Waals surface area contributed by atoms with Crippen LogP contribution in [0.1, 0.15) is 258 Å². The van der Waals surface area contributed by atoms with E-state index in [2.05, 4.69) is 67.8 Å². The van der Waals surface area contributed by atoms with Crippen molar-refractivity contribution in [3.8, 4) is 0 Å². The quantitative estimate of drug-likeness (QED) is 0.0204. The summed E-state index contributed by atoms with van der Waals surface area (Å²) in [6.07, 6.45) is 49.7. The molecule has 80 heavy (non-hydrogen) atoms. The number of nitrogens with one attached hydrogen (secondary N) is 1. The molecule has 2 aliphatic heterocycles. The third-order valence-electron chi connectivity index (χ3n) is 15.7. The zero-order valence-corrected chi connectivity index (χ0v) is 50.3. The Morgan fingerprint density at radius 3 is 1.31 bits per heavy atom. The molecule has 12 atom stereocenters. The second kappa shape index (κ2) is 51.1. The van der Waals surface area contributed by atoms with Gasteiger partial charge in [0, 0.05) is 6.42 Å². The number of aliphatic hydroxyl groups excluding tert-OH is 8. The fraction of sp³-hybridized carbons (Fsp3) is 0.833. The van der Waals surface area contributed by atoms with Crippen LogP contribution >= 0.6 is 0 Å². The lowest BCUT2D eigenvalue weighted by Crippen LogP contribution is -2.65. The monoisotopic (exact) mass is 1130 g/mol. The zero-order valence-electron chi connectivity index (χ0n) is 50.3. The van der Waals surface area contributed by atoms with Crippen LogP contribution < -0.4 is 5.32 Å². The molecular formula is C66H119NO13. The van der Waals surface area contributed by atoms with Gasteiger partial charge in [-0.1, -0.05) is 242 Å². The van der Waals surface area contributed by atoms with Crippen molar-refractivity contribution in [1.82, 2.24) is 5.32 Å². The summed E-state index contributed by atoms with van der Waals surface area (Å²) in [6, 6.07) is -0.935. The van der Waals surface area contributed by atoms with E-state index in [0.29, 0.717) is 12.8 Å². The predicted octanol–water partition coefficient (Wildman–Crippen LogP) is 12.1. The molecule has 2 saturated heterocycles. The van der Waals surface area contributed by atoms with Gasteiger partial charge in [-0.05, 0) is 70.6 Å². The van der Waals surface area contributed by atoms with Gasteiger partial charge >= 0.3 is 0 Å². The Hall–Kier alpha value is -2.31. The van der Waals surface area contributed by atoms with Crippen LogP contribution in [0.15, 0.2) is 60.8 Å². The Balaban J connectivity index is 1.73. The predicted molar refractivity (Wildman–Crippen MR) is 323 cm³/mol. The second-order valence-electron chi connectivity index (χ2n) is 22.9. The van der Waals surface area contributed by atoms with Crippen molar-refractivity contribution in [2.45, 2.75) is 331 Å². The average Bonchev–Trinajstić information content (AvgIpc) is 3.49. The number of aliphatic hydroxyl groups is 8. The fourth-order valence-electron chi connectivity index (χ4n) is 10.4. The number of allylic oxidation sites excluding steroid dienone is 9. The van der Waals surface area contributed by atoms with Crippen molar-refractivity contribution in [2.24, 2.45) is 0 Å². The Bertz CT molecular complexity index is 1570. The molecule has 0 saturated carbocycles. The van der Waals surface area contributed by atoms with Crippen molar-refractivity contribution < 1.29 is 64.6 Å². The normalized spacial score (nSPS) is 24.6. The lowest BCUT2D eigenvalue weighted by atomic mass is 9.97. The molecule has 1 amide bonds. The Morgan fingerprint density at radius 2 is 0.838 bits per heavy atom. The minimum absolute atomic E-state index is 0.251. The minimum Gasteiger partial charge on any atom is -0.394 e. The Labute approximate surface area is 486 Å². The van der Waals surface area contributed by atoms with E-state index in [4.69, 9.17) is 18.9 Å². The number of hydrogen-bond acceptors (Lipinski definition) is 13. The fourth-order valence-corrected chi connectivity index (χ4v) is 10.4. The topological polar surface area (TPSA) is 228 Å². The summed E-state index contributed by atoms with van der Waals surface area (Å²) in [5.74, 6) is -0.251. The maximum atomic E-state index is 13.3. The maximum absolute atomic E-state index is 13.3. The first kappa shape index (κ1) is 73.8. The van der Waals surface area contributed by atoms with Crippen molar-refractivity contribution in [1.29, 1.82) is 0 Å². The molecule has 0 aromatic carbocycles. The first-order valence-electron chi connectivity index (χ1n) is 32.5. The highest BCUT2D eigenvalue weighted by Gasteiger charge is 2.51. The molecule has 466 valence electrons. The standard InChI is InChI=1S/C66H119NO13/c1-3-5-7-9-11-13-15-17-19-21-23-24-25-26-27-28-29-30-32-34-36-38-40-42-44-46-48-50-58(71)67-54(55(70)49-47-45-43-41-39-37-35-33-31-22-20-18-16-14-12-10-8-6-4-2)53-77-65-63(76)61(74)64(57(52-69)79-65)80-66-62(75)60(73)59(72)56(51-68)78-66/h15,17,21,23,25-26,39,41,47,49,54-57,59-66,68-70,72-76H,3-14,16,18-20,22,24,27-38,40,42-46,48,50-53H2,1-2H3,(H,67,71)/b17-15-,23-21-,26-25-,41-39+,49-47+. The summed E-state index contributed by atoms with van der Waals surface area (Å²) in [5, 5.41) is 87.2. The molecule has 0 spiro atoms. The van der Waals surface area contributed by atoms with Gasteiger partial charge in [0.15, 0.2) is 12.6 Å². The van der Waals surface area contributed by atoms with E-state index in [-0.39, 0.29) is 18.9 Å². The number of hydrogen-bond donors (Lipinski definition) is 9. The van der Waals surface area contributed by atoms with Crippen LogP contribution in [-0.2, 0) is 23.7 Å². The molecule has 12 unspecified atom stereocenters. The van der Waals surface area contributed by atoms with Gasteiger partial charge in [0.25, 0.3) is 0 Å². The average molecular weight is 1130 g/mol. The number of carbonyl (C=O) groups is 1. The van der Waals surface area contributed by atoms with Crippen LogP contribution in [0.3, 0.4) is 0 Å². The van der Waals surface area contributed by atoms with Crippen molar-refractivity contribution in [2.75, 3.05) is 19.8 Å². The molecule has 0 aliphatic carbocycles. The Morgan fingerprint density at radius 1 is 0.450 bits per heavy atom. The third-order valence-corrected chi connectivity index (χ3v) is 15.7. The van der Waals surface area contributed by atoms with Gasteiger partial charge in [0.1, 0.15) is 48.8 Å². The van der Waals surface area contributed by atoms with Crippen LogP contribution in [0.4, 0.5) is 0 Å². The van der Waals surface area contributed by atoms with E-state index in [1.807, 2.05) is 6.08 Å². The summed E-state index contributed by atoms with van der Waals surface area (Å²) in [6.45, 7) is 2.78. The summed E-state index contributed by atoms with van der Waals surface area (Å²) >= 11 is 0. The summed E-state index contributed by atoms with van der Waals surface area (Å²) < 4.78 is 22.8. The van der Waals surface area contributed by atoms with Crippen molar-refractivity contribution in [3.63, 3.8) is 0 Å². The molecule has 0 bridgehead atoms. The lowest BCUT2D eigenvalue weighted by molar-refractivity contribution is -0.359. The lowest BCUT2D eigenvalue weighted by Gasteiger charge is -2.46. The largest absolute Gasteiger partial charge is 0.394 e. The molecular weight excluding hydrogens is 1010 g/mol. The molecule has 9 N–H and O–H groups in total. The molecule has 2 rings (SSSR count). The smallest absolute Gasteiger partial charge is 0.220 e. The van der Waals surface area contributed by atoms with E-state index in [1.165, 1.54) is 180 Å². The molecule has 2 aliphatic rings. The second-order valence-corrected chi connectivity index (χ2v) is 22.9. The third kappa shape index (κ3) is 35.7. The van der Waals surface area contributed by atoms with Crippen LogP contribution in [0.5, 0.6) is 0 Å².